The maximum atomic E-state index is 5.73. The van der Waals surface area contributed by atoms with Gasteiger partial charge in [-0.1, -0.05) is 46.3 Å². The van der Waals surface area contributed by atoms with E-state index in [0.717, 1.165) is 16.7 Å². The monoisotopic (exact) mass is 292 g/mol. The van der Waals surface area contributed by atoms with Crippen LogP contribution in [0.4, 0.5) is 0 Å². The minimum Gasteiger partial charge on any atom is -0.493 e. The molecule has 1 aromatic rings. The molecule has 1 saturated heterocycles. The minimum atomic E-state index is 0.0836. The Balaban J connectivity index is 1.97. The summed E-state index contributed by atoms with van der Waals surface area (Å²) in [5.41, 5.74) is 2.52. The Bertz CT molecular complexity index is 476. The van der Waals surface area contributed by atoms with Crippen LogP contribution in [-0.2, 0) is 9.47 Å². The van der Waals surface area contributed by atoms with Gasteiger partial charge in [0.25, 0.3) is 0 Å². The summed E-state index contributed by atoms with van der Waals surface area (Å²) < 4.78 is 12.4. The number of allylic oxidation sites excluding steroid dienone is 2. The molecule has 3 heteroatoms. The molecule has 0 bridgehead atoms. The minimum absolute atomic E-state index is 0.0836. The first-order valence-electron chi connectivity index (χ1n) is 5.74. The first kappa shape index (κ1) is 11.1. The third-order valence-corrected chi connectivity index (χ3v) is 3.77. The molecule has 1 aliphatic carbocycles. The van der Waals surface area contributed by atoms with Gasteiger partial charge < -0.3 is 9.47 Å². The summed E-state index contributed by atoms with van der Waals surface area (Å²) in [6, 6.07) is 10.4. The zero-order valence-electron chi connectivity index (χ0n) is 9.36. The van der Waals surface area contributed by atoms with Crippen molar-refractivity contribution in [2.24, 2.45) is 0 Å². The predicted octanol–water partition coefficient (Wildman–Crippen LogP) is 3.50. The molecule has 0 N–H and O–H groups in total. The van der Waals surface area contributed by atoms with E-state index >= 15 is 0 Å². The van der Waals surface area contributed by atoms with Crippen molar-refractivity contribution in [3.8, 4) is 0 Å². The van der Waals surface area contributed by atoms with Gasteiger partial charge in [0.15, 0.2) is 0 Å². The summed E-state index contributed by atoms with van der Waals surface area (Å²) >= 11 is 3.62. The van der Waals surface area contributed by atoms with Crippen molar-refractivity contribution in [2.45, 2.75) is 12.5 Å². The molecule has 0 saturated carbocycles. The van der Waals surface area contributed by atoms with E-state index in [2.05, 4.69) is 40.2 Å². The fourth-order valence-corrected chi connectivity index (χ4v) is 2.83. The Morgan fingerprint density at radius 3 is 2.76 bits per heavy atom. The molecule has 1 aromatic carbocycles. The highest BCUT2D eigenvalue weighted by Crippen LogP contribution is 2.37. The van der Waals surface area contributed by atoms with Crippen LogP contribution in [0.3, 0.4) is 0 Å². The number of hydrogen-bond acceptors (Lipinski definition) is 2. The third-order valence-electron chi connectivity index (χ3n) is 3.06. The summed E-state index contributed by atoms with van der Waals surface area (Å²) in [5, 5.41) is 0. The van der Waals surface area contributed by atoms with Crippen LogP contribution >= 0.6 is 15.9 Å². The quantitative estimate of drug-likeness (QED) is 0.789. The Morgan fingerprint density at radius 1 is 1.12 bits per heavy atom. The van der Waals surface area contributed by atoms with E-state index in [1.165, 1.54) is 11.1 Å². The standard InChI is InChI=1S/C14H13BrO2/c15-12-9-14-13(16-6-7-17-14)8-11(12)10-4-2-1-3-5-10/h1-5,9,13H,6-8H2. The molecule has 1 unspecified atom stereocenters. The van der Waals surface area contributed by atoms with Crippen LogP contribution in [0.15, 0.2) is 46.6 Å². The Labute approximate surface area is 109 Å². The second-order valence-electron chi connectivity index (χ2n) is 4.15. The summed E-state index contributed by atoms with van der Waals surface area (Å²) in [5.74, 6) is 0.947. The molecule has 2 nitrogen and oxygen atoms in total. The molecule has 0 aromatic heterocycles. The van der Waals surface area contributed by atoms with Gasteiger partial charge in [-0.05, 0) is 17.2 Å². The van der Waals surface area contributed by atoms with Crippen LogP contribution in [0, 0.1) is 0 Å². The highest BCUT2D eigenvalue weighted by molar-refractivity contribution is 9.12. The maximum Gasteiger partial charge on any atom is 0.126 e. The van der Waals surface area contributed by atoms with Crippen LogP contribution in [0.1, 0.15) is 12.0 Å². The van der Waals surface area contributed by atoms with Gasteiger partial charge in [-0.2, -0.15) is 0 Å². The van der Waals surface area contributed by atoms with Crippen molar-refractivity contribution < 1.29 is 9.47 Å². The van der Waals surface area contributed by atoms with Crippen LogP contribution in [-0.4, -0.2) is 19.3 Å². The number of ether oxygens (including phenoxy) is 2. The van der Waals surface area contributed by atoms with Gasteiger partial charge in [0, 0.05) is 10.9 Å². The van der Waals surface area contributed by atoms with Crippen molar-refractivity contribution in [3.05, 3.63) is 52.2 Å². The van der Waals surface area contributed by atoms with E-state index in [4.69, 9.17) is 9.47 Å². The molecule has 1 aliphatic heterocycles. The van der Waals surface area contributed by atoms with Crippen molar-refractivity contribution in [2.75, 3.05) is 13.2 Å². The van der Waals surface area contributed by atoms with Gasteiger partial charge in [-0.15, -0.1) is 0 Å². The van der Waals surface area contributed by atoms with Gasteiger partial charge in [-0.25, -0.2) is 0 Å². The molecule has 0 spiro atoms. The van der Waals surface area contributed by atoms with E-state index in [-0.39, 0.29) is 6.10 Å². The van der Waals surface area contributed by atoms with Crippen molar-refractivity contribution in [1.82, 2.24) is 0 Å². The normalized spacial score (nSPS) is 23.8. The number of rotatable bonds is 1. The largest absolute Gasteiger partial charge is 0.493 e. The average molecular weight is 293 g/mol. The van der Waals surface area contributed by atoms with Crippen LogP contribution < -0.4 is 0 Å². The van der Waals surface area contributed by atoms with Gasteiger partial charge in [0.1, 0.15) is 18.5 Å². The molecule has 2 aliphatic rings. The molecular formula is C14H13BrO2. The molecule has 0 radical (unpaired) electrons. The van der Waals surface area contributed by atoms with Gasteiger partial charge in [0.05, 0.1) is 6.61 Å². The van der Waals surface area contributed by atoms with Crippen molar-refractivity contribution in [3.63, 3.8) is 0 Å². The Hall–Kier alpha value is -1.06. The van der Waals surface area contributed by atoms with Gasteiger partial charge >= 0.3 is 0 Å². The molecule has 3 rings (SSSR count). The van der Waals surface area contributed by atoms with E-state index in [0.29, 0.717) is 13.2 Å². The van der Waals surface area contributed by atoms with E-state index < -0.39 is 0 Å². The van der Waals surface area contributed by atoms with Crippen LogP contribution in [0.2, 0.25) is 0 Å². The summed E-state index contributed by atoms with van der Waals surface area (Å²) in [6.45, 7) is 1.34. The lowest BCUT2D eigenvalue weighted by atomic mass is 9.94. The first-order valence-corrected chi connectivity index (χ1v) is 6.54. The molecule has 17 heavy (non-hydrogen) atoms. The second-order valence-corrected chi connectivity index (χ2v) is 5.01. The van der Waals surface area contributed by atoms with E-state index in [9.17, 15) is 0 Å². The van der Waals surface area contributed by atoms with Gasteiger partial charge in [0.2, 0.25) is 0 Å². The van der Waals surface area contributed by atoms with E-state index in [1.54, 1.807) is 0 Å². The Morgan fingerprint density at radius 2 is 1.94 bits per heavy atom. The molecule has 88 valence electrons. The highest BCUT2D eigenvalue weighted by atomic mass is 79.9. The topological polar surface area (TPSA) is 18.5 Å². The molecule has 1 atom stereocenters. The number of fused-ring (bicyclic) bond motifs is 1. The molecule has 1 heterocycles. The summed E-state index contributed by atoms with van der Waals surface area (Å²) in [4.78, 5) is 0. The number of halogens is 1. The molecule has 1 fully saturated rings. The smallest absolute Gasteiger partial charge is 0.126 e. The average Bonchev–Trinajstić information content (AvgIpc) is 2.39. The lowest BCUT2D eigenvalue weighted by Crippen LogP contribution is -2.28. The lowest BCUT2D eigenvalue weighted by Gasteiger charge is -2.30. The molecule has 0 amide bonds. The highest BCUT2D eigenvalue weighted by Gasteiger charge is 2.27. The maximum absolute atomic E-state index is 5.73. The van der Waals surface area contributed by atoms with E-state index in [1.807, 2.05) is 12.1 Å². The first-order chi connectivity index (χ1) is 8.34. The van der Waals surface area contributed by atoms with Gasteiger partial charge in [-0.3, -0.25) is 0 Å². The van der Waals surface area contributed by atoms with Crippen LogP contribution in [0.25, 0.3) is 5.57 Å². The Kier molecular flexibility index (Phi) is 3.04. The molecular weight excluding hydrogens is 280 g/mol. The fourth-order valence-electron chi connectivity index (χ4n) is 2.21. The number of benzene rings is 1. The second kappa shape index (κ2) is 4.67. The van der Waals surface area contributed by atoms with Crippen molar-refractivity contribution >= 4 is 21.5 Å². The zero-order valence-corrected chi connectivity index (χ0v) is 10.9. The third kappa shape index (κ3) is 2.17. The fraction of sp³-hybridized carbons (Fsp3) is 0.286. The zero-order chi connectivity index (χ0) is 11.7. The summed E-state index contributed by atoms with van der Waals surface area (Å²) in [6.07, 6.45) is 2.99. The summed E-state index contributed by atoms with van der Waals surface area (Å²) in [7, 11) is 0. The lowest BCUT2D eigenvalue weighted by molar-refractivity contribution is -0.0403. The van der Waals surface area contributed by atoms with Crippen molar-refractivity contribution in [1.29, 1.82) is 0 Å². The SMILES string of the molecule is BrC1=C(c2ccccc2)CC2OCCOC2=C1. The number of hydrogen-bond donors (Lipinski definition) is 0. The predicted molar refractivity (Wildman–Crippen MR) is 70.7 cm³/mol. The van der Waals surface area contributed by atoms with Crippen LogP contribution in [0.5, 0.6) is 0 Å².